The van der Waals surface area contributed by atoms with Gasteiger partial charge in [-0.3, -0.25) is 0 Å². The SMILES string of the molecule is CC(C)(C)[Si](C)(C)C1(C[C@H](O)[C@@H](OCc2ccccc2)[C@@H]2CO2)SCCCS1. The Morgan fingerprint density at radius 3 is 2.36 bits per heavy atom. The molecular formula is C22H36O3S2Si. The molecule has 2 aliphatic heterocycles. The number of benzene rings is 1. The Morgan fingerprint density at radius 2 is 1.82 bits per heavy atom. The second-order valence-corrected chi connectivity index (χ2v) is 19.0. The predicted octanol–water partition coefficient (Wildman–Crippen LogP) is 5.34. The topological polar surface area (TPSA) is 42.0 Å². The zero-order valence-electron chi connectivity index (χ0n) is 17.9. The summed E-state index contributed by atoms with van der Waals surface area (Å²) in [5.41, 5.74) is 1.14. The van der Waals surface area contributed by atoms with E-state index in [1.54, 1.807) is 0 Å². The molecule has 1 N–H and O–H groups in total. The van der Waals surface area contributed by atoms with Gasteiger partial charge in [0.1, 0.15) is 12.2 Å². The first kappa shape index (κ1) is 22.7. The van der Waals surface area contributed by atoms with Crippen molar-refractivity contribution in [1.29, 1.82) is 0 Å². The summed E-state index contributed by atoms with van der Waals surface area (Å²) in [6.45, 7) is 13.4. The fourth-order valence-corrected chi connectivity index (χ4v) is 13.8. The van der Waals surface area contributed by atoms with E-state index in [0.717, 1.165) is 12.0 Å². The number of hydrogen-bond donors (Lipinski definition) is 1. The highest BCUT2D eigenvalue weighted by atomic mass is 32.2. The number of aliphatic hydroxyl groups excluding tert-OH is 1. The molecule has 3 rings (SSSR count). The molecule has 0 amide bonds. The average Bonchev–Trinajstić information content (AvgIpc) is 3.47. The van der Waals surface area contributed by atoms with Gasteiger partial charge in [0.25, 0.3) is 0 Å². The van der Waals surface area contributed by atoms with Crippen LogP contribution >= 0.6 is 23.5 Å². The van der Waals surface area contributed by atoms with E-state index in [4.69, 9.17) is 9.47 Å². The van der Waals surface area contributed by atoms with Gasteiger partial charge < -0.3 is 14.6 Å². The van der Waals surface area contributed by atoms with Crippen LogP contribution < -0.4 is 0 Å². The van der Waals surface area contributed by atoms with Gasteiger partial charge in [-0.15, -0.1) is 23.5 Å². The largest absolute Gasteiger partial charge is 0.390 e. The van der Waals surface area contributed by atoms with Crippen molar-refractivity contribution in [3.05, 3.63) is 35.9 Å². The molecule has 3 nitrogen and oxygen atoms in total. The van der Waals surface area contributed by atoms with Gasteiger partial charge in [-0.2, -0.15) is 0 Å². The van der Waals surface area contributed by atoms with Gasteiger partial charge in [-0.25, -0.2) is 0 Å². The predicted molar refractivity (Wildman–Crippen MR) is 125 cm³/mol. The molecule has 0 saturated carbocycles. The first-order valence-corrected chi connectivity index (χ1v) is 15.4. The molecule has 3 atom stereocenters. The van der Waals surface area contributed by atoms with E-state index in [1.807, 2.05) is 18.2 Å². The van der Waals surface area contributed by atoms with Gasteiger partial charge in [0.15, 0.2) is 0 Å². The van der Waals surface area contributed by atoms with Crippen molar-refractivity contribution < 1.29 is 14.6 Å². The van der Waals surface area contributed by atoms with Crippen molar-refractivity contribution in [3.8, 4) is 0 Å². The molecule has 2 saturated heterocycles. The molecule has 0 bridgehead atoms. The Balaban J connectivity index is 1.75. The van der Waals surface area contributed by atoms with Crippen molar-refractivity contribution in [2.24, 2.45) is 0 Å². The highest BCUT2D eigenvalue weighted by Gasteiger charge is 2.56. The maximum atomic E-state index is 11.3. The van der Waals surface area contributed by atoms with Crippen LogP contribution in [0.2, 0.25) is 18.1 Å². The Kier molecular flexibility index (Phi) is 7.31. The average molecular weight is 441 g/mol. The summed E-state index contributed by atoms with van der Waals surface area (Å²) in [6.07, 6.45) is 1.35. The number of thioether (sulfide) groups is 2. The van der Waals surface area contributed by atoms with E-state index in [0.29, 0.717) is 13.2 Å². The lowest BCUT2D eigenvalue weighted by molar-refractivity contribution is -0.0607. The van der Waals surface area contributed by atoms with Gasteiger partial charge in [0.2, 0.25) is 0 Å². The van der Waals surface area contributed by atoms with Crippen molar-refractivity contribution in [3.63, 3.8) is 0 Å². The molecule has 0 spiro atoms. The van der Waals surface area contributed by atoms with E-state index < -0.39 is 14.2 Å². The van der Waals surface area contributed by atoms with Crippen LogP contribution in [0.1, 0.15) is 39.2 Å². The standard InChI is InChI=1S/C22H36O3S2Si/c1-21(2,3)28(4,5)22(26-12-9-13-27-22)14-18(23)20(19-16-24-19)25-15-17-10-7-6-8-11-17/h6-8,10-11,18-20,23H,9,12-16H2,1-5H3/t18-,19-,20+/m0/s1. The first-order chi connectivity index (χ1) is 13.2. The Morgan fingerprint density at radius 1 is 1.21 bits per heavy atom. The third-order valence-electron chi connectivity index (χ3n) is 6.65. The minimum Gasteiger partial charge on any atom is -0.390 e. The maximum Gasteiger partial charge on any atom is 0.112 e. The molecule has 6 heteroatoms. The Bertz CT molecular complexity index is 622. The molecule has 2 fully saturated rings. The van der Waals surface area contributed by atoms with Crippen LogP contribution in [0.5, 0.6) is 0 Å². The Hall–Kier alpha value is 0.0169. The van der Waals surface area contributed by atoms with Gasteiger partial charge in [-0.05, 0) is 34.9 Å². The van der Waals surface area contributed by atoms with Crippen LogP contribution in [0, 0.1) is 0 Å². The van der Waals surface area contributed by atoms with Crippen LogP contribution in [0.4, 0.5) is 0 Å². The summed E-state index contributed by atoms with van der Waals surface area (Å²) in [4.78, 5) is 0. The lowest BCUT2D eigenvalue weighted by Crippen LogP contribution is -2.59. The number of ether oxygens (including phenoxy) is 2. The highest BCUT2D eigenvalue weighted by molar-refractivity contribution is 8.21. The quantitative estimate of drug-likeness (QED) is 0.437. The molecule has 28 heavy (non-hydrogen) atoms. The summed E-state index contributed by atoms with van der Waals surface area (Å²) in [6, 6.07) is 10.2. The lowest BCUT2D eigenvalue weighted by Gasteiger charge is -2.54. The molecule has 1 aromatic rings. The van der Waals surface area contributed by atoms with Crippen molar-refractivity contribution in [2.75, 3.05) is 18.1 Å². The van der Waals surface area contributed by atoms with Crippen molar-refractivity contribution >= 4 is 31.6 Å². The fourth-order valence-electron chi connectivity index (χ4n) is 3.75. The van der Waals surface area contributed by atoms with E-state index >= 15 is 0 Å². The maximum absolute atomic E-state index is 11.3. The zero-order valence-corrected chi connectivity index (χ0v) is 20.6. The fraction of sp³-hybridized carbons (Fsp3) is 0.727. The number of rotatable bonds is 8. The van der Waals surface area contributed by atoms with E-state index in [9.17, 15) is 5.11 Å². The van der Waals surface area contributed by atoms with E-state index in [1.165, 1.54) is 17.9 Å². The number of epoxide rings is 1. The number of hydrogen-bond acceptors (Lipinski definition) is 5. The molecule has 2 aliphatic rings. The Labute approximate surface area is 180 Å². The van der Waals surface area contributed by atoms with Crippen molar-refractivity contribution in [2.45, 2.75) is 80.4 Å². The highest BCUT2D eigenvalue weighted by Crippen LogP contribution is 2.58. The summed E-state index contributed by atoms with van der Waals surface area (Å²) in [5, 5.41) is 11.6. The van der Waals surface area contributed by atoms with Crippen LogP contribution in [-0.4, -0.2) is 53.3 Å². The monoisotopic (exact) mass is 440 g/mol. The molecule has 0 aliphatic carbocycles. The van der Waals surface area contributed by atoms with Crippen LogP contribution in [0.3, 0.4) is 0 Å². The summed E-state index contributed by atoms with van der Waals surface area (Å²) >= 11 is 4.21. The smallest absolute Gasteiger partial charge is 0.112 e. The summed E-state index contributed by atoms with van der Waals surface area (Å²) in [7, 11) is -1.69. The second-order valence-electron chi connectivity index (χ2n) is 9.58. The molecular weight excluding hydrogens is 404 g/mol. The second kappa shape index (κ2) is 9.02. The zero-order chi connectivity index (χ0) is 20.4. The molecule has 0 radical (unpaired) electrons. The minimum atomic E-state index is -1.69. The number of aliphatic hydroxyl groups is 1. The third-order valence-corrected chi connectivity index (χ3v) is 19.4. The third kappa shape index (κ3) is 5.01. The molecule has 158 valence electrons. The van der Waals surface area contributed by atoms with Gasteiger partial charge >= 0.3 is 0 Å². The first-order valence-electron chi connectivity index (χ1n) is 10.4. The molecule has 1 aromatic carbocycles. The van der Waals surface area contributed by atoms with Crippen LogP contribution in [-0.2, 0) is 16.1 Å². The van der Waals surface area contributed by atoms with Gasteiger partial charge in [-0.1, -0.05) is 64.2 Å². The minimum absolute atomic E-state index is 0.0359. The molecule has 0 unspecified atom stereocenters. The molecule has 0 aromatic heterocycles. The summed E-state index contributed by atoms with van der Waals surface area (Å²) in [5.74, 6) is 2.39. The van der Waals surface area contributed by atoms with Crippen LogP contribution in [0.15, 0.2) is 30.3 Å². The van der Waals surface area contributed by atoms with E-state index in [-0.39, 0.29) is 20.9 Å². The van der Waals surface area contributed by atoms with Gasteiger partial charge in [0.05, 0.1) is 31.1 Å². The molecule has 2 heterocycles. The van der Waals surface area contributed by atoms with Gasteiger partial charge in [0, 0.05) is 0 Å². The summed E-state index contributed by atoms with van der Waals surface area (Å²) < 4.78 is 11.9. The normalized spacial score (nSPS) is 24.6. The lowest BCUT2D eigenvalue weighted by atomic mass is 10.1. The van der Waals surface area contributed by atoms with Crippen LogP contribution in [0.25, 0.3) is 0 Å². The van der Waals surface area contributed by atoms with Crippen molar-refractivity contribution in [1.82, 2.24) is 0 Å². The van der Waals surface area contributed by atoms with E-state index in [2.05, 4.69) is 69.5 Å².